The molecule has 0 aromatic carbocycles. The van der Waals surface area contributed by atoms with Crippen molar-refractivity contribution < 1.29 is 9.59 Å². The molecule has 1 rings (SSSR count). The Morgan fingerprint density at radius 2 is 1.62 bits per heavy atom. The molecule has 1 N–H and O–H groups in total. The van der Waals surface area contributed by atoms with Crippen molar-refractivity contribution >= 4 is 11.7 Å². The fourth-order valence-electron chi connectivity index (χ4n) is 2.43. The van der Waals surface area contributed by atoms with Crippen molar-refractivity contribution in [2.75, 3.05) is 6.54 Å². The summed E-state index contributed by atoms with van der Waals surface area (Å²) >= 11 is 0. The smallest absolute Gasteiger partial charge is 0.223 e. The topological polar surface area (TPSA) is 46.2 Å². The summed E-state index contributed by atoms with van der Waals surface area (Å²) in [4.78, 5) is 23.4. The van der Waals surface area contributed by atoms with Crippen LogP contribution in [-0.4, -0.2) is 18.2 Å². The lowest BCUT2D eigenvalue weighted by atomic mass is 9.77. The predicted octanol–water partition coefficient (Wildman–Crippen LogP) is 2.15. The van der Waals surface area contributed by atoms with E-state index in [4.69, 9.17) is 0 Å². The van der Waals surface area contributed by atoms with Gasteiger partial charge < -0.3 is 5.32 Å². The number of carbonyl (C=O) groups excluding carboxylic acids is 2. The highest BCUT2D eigenvalue weighted by Crippen LogP contribution is 2.30. The predicted molar refractivity (Wildman–Crippen MR) is 64.0 cm³/mol. The van der Waals surface area contributed by atoms with Crippen LogP contribution in [0.5, 0.6) is 0 Å². The van der Waals surface area contributed by atoms with Crippen LogP contribution in [0.15, 0.2) is 0 Å². The normalized spacial score (nSPS) is 25.5. The molecule has 0 spiro atoms. The van der Waals surface area contributed by atoms with Crippen LogP contribution in [0, 0.1) is 17.8 Å². The standard InChI is InChI=1S/C13H23NO2/c1-4-14-13(16)11-7-5-10(6-8-11)12(15)9(2)3/h9-11H,4-8H2,1-3H3,(H,14,16). The first kappa shape index (κ1) is 13.2. The minimum atomic E-state index is 0.131. The van der Waals surface area contributed by atoms with E-state index >= 15 is 0 Å². The average Bonchev–Trinajstić information content (AvgIpc) is 2.28. The van der Waals surface area contributed by atoms with E-state index in [-0.39, 0.29) is 23.7 Å². The zero-order valence-electron chi connectivity index (χ0n) is 10.6. The summed E-state index contributed by atoms with van der Waals surface area (Å²) in [5, 5.41) is 2.86. The van der Waals surface area contributed by atoms with Crippen molar-refractivity contribution in [2.45, 2.75) is 46.5 Å². The van der Waals surface area contributed by atoms with Gasteiger partial charge in [0.15, 0.2) is 0 Å². The molecule has 3 heteroatoms. The molecule has 0 aliphatic heterocycles. The molecule has 3 nitrogen and oxygen atoms in total. The van der Waals surface area contributed by atoms with Crippen molar-refractivity contribution in [3.63, 3.8) is 0 Å². The first-order chi connectivity index (χ1) is 7.56. The van der Waals surface area contributed by atoms with Crippen LogP contribution >= 0.6 is 0 Å². The number of ketones is 1. The first-order valence-corrected chi connectivity index (χ1v) is 6.37. The second kappa shape index (κ2) is 6.02. The van der Waals surface area contributed by atoms with Crippen molar-refractivity contribution in [1.29, 1.82) is 0 Å². The van der Waals surface area contributed by atoms with E-state index in [2.05, 4.69) is 5.32 Å². The van der Waals surface area contributed by atoms with Crippen LogP contribution in [0.4, 0.5) is 0 Å². The highest BCUT2D eigenvalue weighted by molar-refractivity contribution is 5.83. The first-order valence-electron chi connectivity index (χ1n) is 6.37. The Morgan fingerprint density at radius 3 is 2.06 bits per heavy atom. The van der Waals surface area contributed by atoms with Gasteiger partial charge in [0.05, 0.1) is 0 Å². The van der Waals surface area contributed by atoms with Gasteiger partial charge in [-0.05, 0) is 32.6 Å². The zero-order chi connectivity index (χ0) is 12.1. The maximum atomic E-state index is 11.8. The Bertz CT molecular complexity index is 253. The van der Waals surface area contributed by atoms with Gasteiger partial charge in [-0.3, -0.25) is 9.59 Å². The van der Waals surface area contributed by atoms with Crippen molar-refractivity contribution in [1.82, 2.24) is 5.32 Å². The fraction of sp³-hybridized carbons (Fsp3) is 0.846. The lowest BCUT2D eigenvalue weighted by Gasteiger charge is -2.27. The third kappa shape index (κ3) is 3.32. The summed E-state index contributed by atoms with van der Waals surface area (Å²) in [6.45, 7) is 6.55. The summed E-state index contributed by atoms with van der Waals surface area (Å²) in [5.41, 5.74) is 0. The molecule has 0 atom stereocenters. The summed E-state index contributed by atoms with van der Waals surface area (Å²) in [5.74, 6) is 1.00. The summed E-state index contributed by atoms with van der Waals surface area (Å²) in [6, 6.07) is 0. The van der Waals surface area contributed by atoms with Crippen molar-refractivity contribution in [3.05, 3.63) is 0 Å². The maximum Gasteiger partial charge on any atom is 0.223 e. The molecule has 0 unspecified atom stereocenters. The largest absolute Gasteiger partial charge is 0.356 e. The molecule has 1 amide bonds. The van der Waals surface area contributed by atoms with E-state index < -0.39 is 0 Å². The molecular formula is C13H23NO2. The molecule has 0 heterocycles. The van der Waals surface area contributed by atoms with Gasteiger partial charge in [-0.2, -0.15) is 0 Å². The average molecular weight is 225 g/mol. The van der Waals surface area contributed by atoms with Crippen LogP contribution in [0.1, 0.15) is 46.5 Å². The fourth-order valence-corrected chi connectivity index (χ4v) is 2.43. The van der Waals surface area contributed by atoms with Crippen molar-refractivity contribution in [2.24, 2.45) is 17.8 Å². The number of hydrogen-bond acceptors (Lipinski definition) is 2. The number of nitrogens with one attached hydrogen (secondary N) is 1. The van der Waals surface area contributed by atoms with Gasteiger partial charge in [0.2, 0.25) is 5.91 Å². The van der Waals surface area contributed by atoms with Gasteiger partial charge in [0.25, 0.3) is 0 Å². The zero-order valence-corrected chi connectivity index (χ0v) is 10.6. The Labute approximate surface area is 98.0 Å². The van der Waals surface area contributed by atoms with Crippen LogP contribution in [0.3, 0.4) is 0 Å². The quantitative estimate of drug-likeness (QED) is 0.797. The van der Waals surface area contributed by atoms with E-state index in [9.17, 15) is 9.59 Å². The molecule has 1 fully saturated rings. The van der Waals surface area contributed by atoms with Crippen LogP contribution in [-0.2, 0) is 9.59 Å². The Balaban J connectivity index is 2.39. The molecule has 1 saturated carbocycles. The lowest BCUT2D eigenvalue weighted by Crippen LogP contribution is -2.34. The molecule has 1 aliphatic rings. The van der Waals surface area contributed by atoms with Crippen molar-refractivity contribution in [3.8, 4) is 0 Å². The summed E-state index contributed by atoms with van der Waals surface area (Å²) in [7, 11) is 0. The third-order valence-corrected chi connectivity index (χ3v) is 3.42. The van der Waals surface area contributed by atoms with Gasteiger partial charge in [-0.1, -0.05) is 13.8 Å². The monoisotopic (exact) mass is 225 g/mol. The summed E-state index contributed by atoms with van der Waals surface area (Å²) in [6.07, 6.45) is 3.52. The molecule has 0 radical (unpaired) electrons. The van der Waals surface area contributed by atoms with Gasteiger partial charge in [0.1, 0.15) is 5.78 Å². The van der Waals surface area contributed by atoms with E-state index in [1.165, 1.54) is 0 Å². The maximum absolute atomic E-state index is 11.8. The third-order valence-electron chi connectivity index (χ3n) is 3.42. The molecule has 0 bridgehead atoms. The Hall–Kier alpha value is -0.860. The number of amides is 1. The molecule has 92 valence electrons. The van der Waals surface area contributed by atoms with E-state index in [1.807, 2.05) is 20.8 Å². The van der Waals surface area contributed by atoms with Crippen LogP contribution in [0.2, 0.25) is 0 Å². The summed E-state index contributed by atoms with van der Waals surface area (Å²) < 4.78 is 0. The Morgan fingerprint density at radius 1 is 1.12 bits per heavy atom. The minimum Gasteiger partial charge on any atom is -0.356 e. The molecule has 0 aromatic heterocycles. The van der Waals surface area contributed by atoms with E-state index in [0.717, 1.165) is 25.7 Å². The highest BCUT2D eigenvalue weighted by Gasteiger charge is 2.30. The van der Waals surface area contributed by atoms with Gasteiger partial charge in [-0.25, -0.2) is 0 Å². The van der Waals surface area contributed by atoms with E-state index in [1.54, 1.807) is 0 Å². The van der Waals surface area contributed by atoms with E-state index in [0.29, 0.717) is 12.3 Å². The minimum absolute atomic E-state index is 0.131. The van der Waals surface area contributed by atoms with Gasteiger partial charge in [0, 0.05) is 24.3 Å². The molecule has 1 aliphatic carbocycles. The molecule has 16 heavy (non-hydrogen) atoms. The second-order valence-corrected chi connectivity index (χ2v) is 5.00. The van der Waals surface area contributed by atoms with Gasteiger partial charge >= 0.3 is 0 Å². The number of carbonyl (C=O) groups is 2. The second-order valence-electron chi connectivity index (χ2n) is 5.00. The molecule has 0 aromatic rings. The van der Waals surface area contributed by atoms with Gasteiger partial charge in [-0.15, -0.1) is 0 Å². The number of Topliss-reactive ketones (excluding diaryl/α,β-unsaturated/α-hetero) is 1. The lowest BCUT2D eigenvalue weighted by molar-refractivity contribution is -0.130. The highest BCUT2D eigenvalue weighted by atomic mass is 16.2. The molecular weight excluding hydrogens is 202 g/mol. The number of hydrogen-bond donors (Lipinski definition) is 1. The molecule has 0 saturated heterocycles. The SMILES string of the molecule is CCNC(=O)C1CCC(C(=O)C(C)C)CC1. The Kier molecular flexibility index (Phi) is 4.97. The number of rotatable bonds is 4. The van der Waals surface area contributed by atoms with Crippen LogP contribution in [0.25, 0.3) is 0 Å². The van der Waals surface area contributed by atoms with Crippen LogP contribution < -0.4 is 5.32 Å².